The van der Waals surface area contributed by atoms with Crippen LogP contribution in [0.4, 0.5) is 0 Å². The van der Waals surface area contributed by atoms with Gasteiger partial charge >= 0.3 is 0 Å². The predicted molar refractivity (Wildman–Crippen MR) is 71.3 cm³/mol. The van der Waals surface area contributed by atoms with E-state index < -0.39 is 0 Å². The molecule has 1 aromatic carbocycles. The summed E-state index contributed by atoms with van der Waals surface area (Å²) in [5, 5.41) is 3.07. The first-order chi connectivity index (χ1) is 8.24. The van der Waals surface area contributed by atoms with Gasteiger partial charge in [0, 0.05) is 11.1 Å². The molecule has 0 saturated heterocycles. The Hall–Kier alpha value is -1.19. The maximum Gasteiger partial charge on any atom is 0.114 e. The predicted octanol–water partition coefficient (Wildman–Crippen LogP) is 3.38. The van der Waals surface area contributed by atoms with Crippen molar-refractivity contribution in [1.29, 1.82) is 0 Å². The maximum atomic E-state index is 6.27. The van der Waals surface area contributed by atoms with Crippen molar-refractivity contribution in [2.45, 2.75) is 31.7 Å². The second kappa shape index (κ2) is 4.24. The van der Waals surface area contributed by atoms with Crippen molar-refractivity contribution < 1.29 is 0 Å². The van der Waals surface area contributed by atoms with Gasteiger partial charge in [-0.1, -0.05) is 24.3 Å². The van der Waals surface area contributed by atoms with Gasteiger partial charge in [0.15, 0.2) is 0 Å². The average molecular weight is 244 g/mol. The van der Waals surface area contributed by atoms with Crippen LogP contribution in [0.25, 0.3) is 0 Å². The molecule has 1 aliphatic carbocycles. The molecule has 0 aliphatic heterocycles. The van der Waals surface area contributed by atoms with E-state index >= 15 is 0 Å². The Morgan fingerprint density at radius 3 is 2.88 bits per heavy atom. The van der Waals surface area contributed by atoms with Crippen molar-refractivity contribution >= 4 is 11.3 Å². The number of hydrogen-bond donors (Lipinski definition) is 1. The SMILES string of the molecule is Cc1csc(C(N)c2cccc(C3CC3)c2)n1. The molecule has 1 saturated carbocycles. The van der Waals surface area contributed by atoms with Crippen molar-refractivity contribution in [1.82, 2.24) is 4.98 Å². The molecule has 3 heteroatoms. The second-order valence-electron chi connectivity index (χ2n) is 4.75. The molecule has 17 heavy (non-hydrogen) atoms. The lowest BCUT2D eigenvalue weighted by Crippen LogP contribution is -2.11. The molecule has 1 aliphatic rings. The first-order valence-corrected chi connectivity index (χ1v) is 6.89. The molecule has 2 N–H and O–H groups in total. The average Bonchev–Trinajstić information content (AvgIpc) is 3.11. The summed E-state index contributed by atoms with van der Waals surface area (Å²) in [7, 11) is 0. The van der Waals surface area contributed by atoms with E-state index in [0.717, 1.165) is 16.6 Å². The van der Waals surface area contributed by atoms with Crippen molar-refractivity contribution in [3.05, 3.63) is 51.5 Å². The molecule has 0 amide bonds. The highest BCUT2D eigenvalue weighted by Crippen LogP contribution is 2.40. The van der Waals surface area contributed by atoms with Crippen LogP contribution in [0.5, 0.6) is 0 Å². The van der Waals surface area contributed by atoms with Gasteiger partial charge < -0.3 is 5.73 Å². The summed E-state index contributed by atoms with van der Waals surface area (Å²) < 4.78 is 0. The fourth-order valence-corrected chi connectivity index (χ4v) is 2.90. The lowest BCUT2D eigenvalue weighted by atomic mass is 10.0. The normalized spacial score (nSPS) is 17.1. The lowest BCUT2D eigenvalue weighted by Gasteiger charge is -2.10. The molecule has 0 radical (unpaired) electrons. The number of aryl methyl sites for hydroxylation is 1. The van der Waals surface area contributed by atoms with Crippen LogP contribution >= 0.6 is 11.3 Å². The Kier molecular flexibility index (Phi) is 2.73. The topological polar surface area (TPSA) is 38.9 Å². The van der Waals surface area contributed by atoms with Gasteiger partial charge in [0.05, 0.1) is 6.04 Å². The first-order valence-electron chi connectivity index (χ1n) is 6.01. The molecular weight excluding hydrogens is 228 g/mol. The van der Waals surface area contributed by atoms with Crippen LogP contribution in [0.2, 0.25) is 0 Å². The van der Waals surface area contributed by atoms with Crippen molar-refractivity contribution in [2.24, 2.45) is 5.73 Å². The molecule has 1 aromatic heterocycles. The zero-order valence-corrected chi connectivity index (χ0v) is 10.7. The van der Waals surface area contributed by atoms with E-state index in [-0.39, 0.29) is 6.04 Å². The Bertz CT molecular complexity index is 529. The number of hydrogen-bond acceptors (Lipinski definition) is 3. The van der Waals surface area contributed by atoms with Gasteiger partial charge in [0.25, 0.3) is 0 Å². The zero-order chi connectivity index (χ0) is 11.8. The Labute approximate surface area is 106 Å². The molecule has 1 fully saturated rings. The van der Waals surface area contributed by atoms with Crippen LogP contribution in [0.3, 0.4) is 0 Å². The van der Waals surface area contributed by atoms with Gasteiger partial charge in [0.2, 0.25) is 0 Å². The van der Waals surface area contributed by atoms with E-state index in [1.54, 1.807) is 11.3 Å². The van der Waals surface area contributed by atoms with E-state index in [4.69, 9.17) is 5.73 Å². The summed E-state index contributed by atoms with van der Waals surface area (Å²) in [6.45, 7) is 2.01. The van der Waals surface area contributed by atoms with Crippen LogP contribution in [0.15, 0.2) is 29.6 Å². The lowest BCUT2D eigenvalue weighted by molar-refractivity contribution is 0.848. The number of aromatic nitrogens is 1. The van der Waals surface area contributed by atoms with E-state index in [9.17, 15) is 0 Å². The highest BCUT2D eigenvalue weighted by Gasteiger charge is 2.24. The van der Waals surface area contributed by atoms with Gasteiger partial charge in [-0.05, 0) is 36.8 Å². The molecule has 0 spiro atoms. The number of benzene rings is 1. The number of nitrogens with two attached hydrogens (primary N) is 1. The summed E-state index contributed by atoms with van der Waals surface area (Å²) in [5.74, 6) is 0.778. The first kappa shape index (κ1) is 10.9. The summed E-state index contributed by atoms with van der Waals surface area (Å²) in [6.07, 6.45) is 2.66. The van der Waals surface area contributed by atoms with Crippen LogP contribution in [0, 0.1) is 6.92 Å². The fraction of sp³-hybridized carbons (Fsp3) is 0.357. The zero-order valence-electron chi connectivity index (χ0n) is 9.89. The number of nitrogens with zero attached hydrogens (tertiary/aromatic N) is 1. The molecular formula is C14H16N2S. The number of rotatable bonds is 3. The van der Waals surface area contributed by atoms with E-state index in [1.165, 1.54) is 24.0 Å². The van der Waals surface area contributed by atoms with Gasteiger partial charge in [-0.3, -0.25) is 0 Å². The third-order valence-corrected chi connectivity index (χ3v) is 4.27. The quantitative estimate of drug-likeness (QED) is 0.899. The van der Waals surface area contributed by atoms with Gasteiger partial charge in [-0.25, -0.2) is 4.98 Å². The van der Waals surface area contributed by atoms with E-state index in [2.05, 4.69) is 34.6 Å². The minimum Gasteiger partial charge on any atom is -0.318 e. The smallest absolute Gasteiger partial charge is 0.114 e. The molecule has 2 nitrogen and oxygen atoms in total. The Morgan fingerprint density at radius 2 is 2.24 bits per heavy atom. The minimum atomic E-state index is -0.0765. The van der Waals surface area contributed by atoms with Crippen LogP contribution in [-0.4, -0.2) is 4.98 Å². The standard InChI is InChI=1S/C14H16N2S/c1-9-8-17-14(16-9)13(15)12-4-2-3-11(7-12)10-5-6-10/h2-4,7-8,10,13H,5-6,15H2,1H3. The number of thiazole rings is 1. The van der Waals surface area contributed by atoms with Crippen LogP contribution in [0.1, 0.15) is 46.6 Å². The molecule has 0 bridgehead atoms. The summed E-state index contributed by atoms with van der Waals surface area (Å²) in [6, 6.07) is 8.60. The van der Waals surface area contributed by atoms with Gasteiger partial charge in [-0.15, -0.1) is 11.3 Å². The molecule has 1 atom stereocenters. The summed E-state index contributed by atoms with van der Waals surface area (Å²) in [4.78, 5) is 4.47. The molecule has 3 rings (SSSR count). The second-order valence-corrected chi connectivity index (χ2v) is 5.64. The van der Waals surface area contributed by atoms with E-state index in [0.29, 0.717) is 0 Å². The summed E-state index contributed by atoms with van der Waals surface area (Å²) >= 11 is 1.65. The molecule has 1 unspecified atom stereocenters. The van der Waals surface area contributed by atoms with Crippen molar-refractivity contribution in [2.75, 3.05) is 0 Å². The van der Waals surface area contributed by atoms with Crippen LogP contribution < -0.4 is 5.73 Å². The van der Waals surface area contributed by atoms with Gasteiger partial charge in [-0.2, -0.15) is 0 Å². The fourth-order valence-electron chi connectivity index (χ4n) is 2.08. The van der Waals surface area contributed by atoms with Crippen LogP contribution in [-0.2, 0) is 0 Å². The third kappa shape index (κ3) is 2.26. The third-order valence-electron chi connectivity index (χ3n) is 3.22. The highest BCUT2D eigenvalue weighted by molar-refractivity contribution is 7.09. The summed E-state index contributed by atoms with van der Waals surface area (Å²) in [5.41, 5.74) is 9.94. The van der Waals surface area contributed by atoms with Crippen molar-refractivity contribution in [3.63, 3.8) is 0 Å². The Balaban J connectivity index is 1.89. The highest BCUT2D eigenvalue weighted by atomic mass is 32.1. The van der Waals surface area contributed by atoms with E-state index in [1.807, 2.05) is 6.92 Å². The minimum absolute atomic E-state index is 0.0765. The Morgan fingerprint density at radius 1 is 1.41 bits per heavy atom. The maximum absolute atomic E-state index is 6.27. The molecule has 2 aromatic rings. The monoisotopic (exact) mass is 244 g/mol. The molecule has 1 heterocycles. The van der Waals surface area contributed by atoms with Gasteiger partial charge in [0.1, 0.15) is 5.01 Å². The van der Waals surface area contributed by atoms with Crippen molar-refractivity contribution in [3.8, 4) is 0 Å². The molecule has 88 valence electrons. The largest absolute Gasteiger partial charge is 0.318 e.